The Bertz CT molecular complexity index is 1770. The second-order valence-electron chi connectivity index (χ2n) is 11.1. The van der Waals surface area contributed by atoms with E-state index in [1.54, 1.807) is 59.9 Å². The summed E-state index contributed by atoms with van der Waals surface area (Å²) in [7, 11) is 1.88. The second-order valence-corrected chi connectivity index (χ2v) is 14.2. The van der Waals surface area contributed by atoms with Crippen LogP contribution in [0, 0.1) is 13.8 Å². The summed E-state index contributed by atoms with van der Waals surface area (Å²) in [4.78, 5) is 4.31. The molecule has 2 atom stereocenters. The maximum atomic E-state index is 10.9. The SMILES string of the molecule is C.CSc1ccc(Oc2ccc(NS(=O)[O-])cc2CN(C)CCO)cc1C.CSc1ccc(Oc2ccc(NS(=O)[O-])cc2CNCCO)cc1C. The van der Waals surface area contributed by atoms with Gasteiger partial charge in [-0.3, -0.25) is 13.3 Å². The minimum atomic E-state index is -2.39. The molecule has 0 saturated heterocycles. The molecule has 0 amide bonds. The Labute approximate surface area is 320 Å². The van der Waals surface area contributed by atoms with Crippen LogP contribution in [0.25, 0.3) is 0 Å². The first-order valence-electron chi connectivity index (χ1n) is 15.7. The third-order valence-corrected chi connectivity index (χ3v) is 9.84. The summed E-state index contributed by atoms with van der Waals surface area (Å²) in [5, 5.41) is 21.1. The lowest BCUT2D eigenvalue weighted by molar-refractivity contribution is 0.216. The van der Waals surface area contributed by atoms with Gasteiger partial charge in [-0.15, -0.1) is 23.5 Å². The van der Waals surface area contributed by atoms with Crippen molar-refractivity contribution in [3.05, 3.63) is 95.1 Å². The van der Waals surface area contributed by atoms with Gasteiger partial charge in [-0.1, -0.05) is 7.43 Å². The molecule has 2 unspecified atom stereocenters. The van der Waals surface area contributed by atoms with Gasteiger partial charge in [0, 0.05) is 81.0 Å². The lowest BCUT2D eigenvalue weighted by atomic mass is 10.1. The fourth-order valence-electron chi connectivity index (χ4n) is 4.86. The molecule has 4 rings (SSSR count). The van der Waals surface area contributed by atoms with Crippen molar-refractivity contribution in [3.63, 3.8) is 0 Å². The smallest absolute Gasteiger partial charge is 0.132 e. The summed E-state index contributed by atoms with van der Waals surface area (Å²) in [6.07, 6.45) is 4.06. The summed E-state index contributed by atoms with van der Waals surface area (Å²) >= 11 is -1.41. The Balaban J connectivity index is 0.000000354. The van der Waals surface area contributed by atoms with Crippen molar-refractivity contribution in [2.45, 2.75) is 44.2 Å². The van der Waals surface area contributed by atoms with Crippen LogP contribution in [0.5, 0.6) is 23.0 Å². The van der Waals surface area contributed by atoms with Gasteiger partial charge in [0.05, 0.1) is 13.2 Å². The first-order chi connectivity index (χ1) is 24.5. The quantitative estimate of drug-likeness (QED) is 0.0417. The van der Waals surface area contributed by atoms with E-state index in [2.05, 4.69) is 14.8 Å². The molecule has 52 heavy (non-hydrogen) atoms. The molecule has 5 N–H and O–H groups in total. The fraction of sp³-hybridized carbons (Fsp3) is 0.333. The average Bonchev–Trinajstić information content (AvgIpc) is 3.07. The van der Waals surface area contributed by atoms with E-state index >= 15 is 0 Å². The van der Waals surface area contributed by atoms with Gasteiger partial charge < -0.3 is 43.6 Å². The predicted molar refractivity (Wildman–Crippen MR) is 213 cm³/mol. The lowest BCUT2D eigenvalue weighted by Crippen LogP contribution is -2.21. The van der Waals surface area contributed by atoms with Crippen LogP contribution in [0.3, 0.4) is 0 Å². The molecule has 16 heteroatoms. The number of aryl methyl sites for hydroxylation is 2. The minimum absolute atomic E-state index is 0. The number of thioether (sulfide) groups is 2. The summed E-state index contributed by atoms with van der Waals surface area (Å²) < 4.78 is 60.1. The molecule has 0 heterocycles. The molecule has 0 fully saturated rings. The van der Waals surface area contributed by atoms with Crippen molar-refractivity contribution in [3.8, 4) is 23.0 Å². The van der Waals surface area contributed by atoms with E-state index in [4.69, 9.17) is 19.7 Å². The van der Waals surface area contributed by atoms with Crippen LogP contribution in [-0.2, 0) is 35.6 Å². The monoisotopic (exact) mass is 792 g/mol. The van der Waals surface area contributed by atoms with E-state index in [1.807, 2.05) is 74.7 Å². The Morgan fingerprint density at radius 1 is 0.731 bits per heavy atom. The highest BCUT2D eigenvalue weighted by atomic mass is 32.2. The van der Waals surface area contributed by atoms with Crippen LogP contribution in [0.4, 0.5) is 11.4 Å². The van der Waals surface area contributed by atoms with E-state index in [1.165, 1.54) is 9.79 Å². The first kappa shape index (κ1) is 45.0. The molecule has 0 aliphatic rings. The second kappa shape index (κ2) is 23.5. The number of hydrogen-bond donors (Lipinski definition) is 5. The van der Waals surface area contributed by atoms with Crippen molar-refractivity contribution in [1.82, 2.24) is 10.2 Å². The molecule has 4 aromatic carbocycles. The number of anilines is 2. The molecule has 0 bridgehead atoms. The summed E-state index contributed by atoms with van der Waals surface area (Å²) in [5.74, 6) is 2.71. The molecule has 0 spiro atoms. The number of rotatable bonds is 18. The van der Waals surface area contributed by atoms with Crippen LogP contribution in [0.1, 0.15) is 29.7 Å². The Morgan fingerprint density at radius 3 is 1.63 bits per heavy atom. The molecule has 0 saturated carbocycles. The van der Waals surface area contributed by atoms with Gasteiger partial charge in [0.15, 0.2) is 0 Å². The molecule has 4 aromatic rings. The molecular formula is C36H48N4O8S4-2. The van der Waals surface area contributed by atoms with Crippen molar-refractivity contribution in [2.24, 2.45) is 0 Å². The molecular weight excluding hydrogens is 745 g/mol. The summed E-state index contributed by atoms with van der Waals surface area (Å²) in [6.45, 7) is 6.03. The highest BCUT2D eigenvalue weighted by molar-refractivity contribution is 7.98. The third-order valence-electron chi connectivity index (χ3n) is 7.24. The molecule has 0 aliphatic heterocycles. The van der Waals surface area contributed by atoms with Crippen molar-refractivity contribution >= 4 is 57.4 Å². The van der Waals surface area contributed by atoms with Gasteiger partial charge in [-0.2, -0.15) is 0 Å². The van der Waals surface area contributed by atoms with Gasteiger partial charge in [0.25, 0.3) is 0 Å². The van der Waals surface area contributed by atoms with Gasteiger partial charge in [0.1, 0.15) is 23.0 Å². The Hall–Kier alpha value is -3.16. The van der Waals surface area contributed by atoms with E-state index in [0.29, 0.717) is 54.8 Å². The normalized spacial score (nSPS) is 11.9. The number of likely N-dealkylation sites (N-methyl/N-ethyl adjacent to an activating group) is 1. The Morgan fingerprint density at radius 2 is 1.21 bits per heavy atom. The molecule has 286 valence electrons. The maximum absolute atomic E-state index is 10.9. The average molecular weight is 793 g/mol. The number of aliphatic hydroxyl groups excluding tert-OH is 2. The van der Waals surface area contributed by atoms with Crippen molar-refractivity contribution in [2.75, 3.05) is 55.3 Å². The lowest BCUT2D eigenvalue weighted by Gasteiger charge is -2.20. The summed E-state index contributed by atoms with van der Waals surface area (Å²) in [5.41, 5.74) is 4.79. The van der Waals surface area contributed by atoms with Crippen LogP contribution in [0.15, 0.2) is 82.6 Å². The largest absolute Gasteiger partial charge is 0.755 e. The molecule has 0 aromatic heterocycles. The number of nitrogens with one attached hydrogen (secondary N) is 3. The number of aliphatic hydroxyl groups is 2. The van der Waals surface area contributed by atoms with E-state index in [-0.39, 0.29) is 20.6 Å². The zero-order valence-electron chi connectivity index (χ0n) is 29.1. The number of benzene rings is 4. The zero-order valence-corrected chi connectivity index (χ0v) is 32.4. The molecule has 0 aliphatic carbocycles. The van der Waals surface area contributed by atoms with Crippen LogP contribution in [0.2, 0.25) is 0 Å². The summed E-state index contributed by atoms with van der Waals surface area (Å²) in [6, 6.07) is 22.0. The highest BCUT2D eigenvalue weighted by Gasteiger charge is 2.12. The molecule has 12 nitrogen and oxygen atoms in total. The molecule has 0 radical (unpaired) electrons. The predicted octanol–water partition coefficient (Wildman–Crippen LogP) is 6.57. The topological polar surface area (TPSA) is 179 Å². The highest BCUT2D eigenvalue weighted by Crippen LogP contribution is 2.33. The van der Waals surface area contributed by atoms with Crippen LogP contribution < -0.4 is 24.2 Å². The van der Waals surface area contributed by atoms with Crippen molar-refractivity contribution in [1.29, 1.82) is 0 Å². The van der Waals surface area contributed by atoms with Crippen LogP contribution in [-0.4, -0.2) is 78.5 Å². The van der Waals surface area contributed by atoms with E-state index < -0.39 is 22.5 Å². The Kier molecular flexibility index (Phi) is 20.3. The van der Waals surface area contributed by atoms with Gasteiger partial charge in [0.2, 0.25) is 0 Å². The maximum Gasteiger partial charge on any atom is 0.132 e. The number of ether oxygens (including phenoxy) is 2. The van der Waals surface area contributed by atoms with E-state index in [0.717, 1.165) is 28.0 Å². The van der Waals surface area contributed by atoms with E-state index in [9.17, 15) is 17.5 Å². The van der Waals surface area contributed by atoms with Gasteiger partial charge in [-0.05, 0) is 117 Å². The minimum Gasteiger partial charge on any atom is -0.755 e. The fourth-order valence-corrected chi connectivity index (χ4v) is 6.67. The third kappa shape index (κ3) is 15.1. The van der Waals surface area contributed by atoms with Crippen molar-refractivity contribution < 1.29 is 37.2 Å². The number of hydrogen-bond acceptors (Lipinski definition) is 12. The van der Waals surface area contributed by atoms with Gasteiger partial charge >= 0.3 is 0 Å². The van der Waals surface area contributed by atoms with Crippen LogP contribution >= 0.6 is 23.5 Å². The van der Waals surface area contributed by atoms with Gasteiger partial charge in [-0.25, -0.2) is 0 Å². The zero-order chi connectivity index (χ0) is 37.3. The standard InChI is InChI=1S/C18H24N2O4S2.C17H22N2O4S2.CH4/c1-13-10-16(5-7-18(13)25-3)24-17-6-4-15(19-26(22)23)11-14(17)12-20(2)8-9-21;1-12-9-15(4-6-17(12)24-2)23-16-5-3-14(19-25(21)22)10-13(16)11-18-7-8-20;/h4-7,10-11,19,21H,8-9,12H2,1-3H3,(H,22,23);3-6,9-10,18-20H,7-8,11H2,1-2H3,(H,21,22);1H4/p-2. The first-order valence-corrected chi connectivity index (χ1v) is 20.3. The number of nitrogens with zero attached hydrogens (tertiary/aromatic N) is 1.